The van der Waals surface area contributed by atoms with Crippen LogP contribution in [0.5, 0.6) is 0 Å². The van der Waals surface area contributed by atoms with Crippen LogP contribution < -0.4 is 16.4 Å². The summed E-state index contributed by atoms with van der Waals surface area (Å²) in [6, 6.07) is -0.275. The van der Waals surface area contributed by atoms with Crippen molar-refractivity contribution < 1.29 is 24.0 Å². The molecule has 5 amide bonds. The number of nitrogens with two attached hydrogens (primary N) is 1. The van der Waals surface area contributed by atoms with Gasteiger partial charge in [-0.2, -0.15) is 0 Å². The first kappa shape index (κ1) is 23.8. The lowest BCUT2D eigenvalue weighted by atomic mass is 9.98. The lowest BCUT2D eigenvalue weighted by Crippen LogP contribution is -2.43. The molecule has 0 spiro atoms. The van der Waals surface area contributed by atoms with Gasteiger partial charge >= 0.3 is 6.03 Å². The van der Waals surface area contributed by atoms with E-state index >= 15 is 0 Å². The second kappa shape index (κ2) is 11.1. The van der Waals surface area contributed by atoms with Crippen LogP contribution in [0.1, 0.15) is 48.0 Å². The lowest BCUT2D eigenvalue weighted by Gasteiger charge is -2.23. The van der Waals surface area contributed by atoms with Crippen molar-refractivity contribution in [2.24, 2.45) is 5.73 Å². The molecule has 4 N–H and O–H groups in total. The van der Waals surface area contributed by atoms with E-state index in [9.17, 15) is 24.0 Å². The second-order valence-corrected chi connectivity index (χ2v) is 5.85. The molecular formula is C15H28N4O5. The van der Waals surface area contributed by atoms with Crippen molar-refractivity contribution >= 4 is 29.5 Å². The zero-order chi connectivity index (χ0) is 19.5. The number of carbonyl (C=O) groups is 5. The molecule has 138 valence electrons. The molecule has 1 aliphatic heterocycles. The van der Waals surface area contributed by atoms with Gasteiger partial charge in [0.05, 0.1) is 6.54 Å². The van der Waals surface area contributed by atoms with Gasteiger partial charge < -0.3 is 16.4 Å². The SMILES string of the molecule is CC(=O)CC(C)(C)NC(C)=O.CC(N)=O.CCN1C(=O)CNC1=O. The van der Waals surface area contributed by atoms with Gasteiger partial charge in [0.1, 0.15) is 5.78 Å². The van der Waals surface area contributed by atoms with Gasteiger partial charge in [0.2, 0.25) is 17.7 Å². The number of nitrogens with one attached hydrogen (secondary N) is 2. The highest BCUT2D eigenvalue weighted by molar-refractivity contribution is 6.01. The molecule has 1 fully saturated rings. The van der Waals surface area contributed by atoms with Crippen molar-refractivity contribution in [3.05, 3.63) is 0 Å². The second-order valence-electron chi connectivity index (χ2n) is 5.85. The summed E-state index contributed by atoms with van der Waals surface area (Å²) in [5.74, 6) is -0.484. The van der Waals surface area contributed by atoms with Crippen LogP contribution in [0.15, 0.2) is 0 Å². The van der Waals surface area contributed by atoms with Gasteiger partial charge in [-0.25, -0.2) is 4.79 Å². The van der Waals surface area contributed by atoms with Crippen molar-refractivity contribution in [3.8, 4) is 0 Å². The summed E-state index contributed by atoms with van der Waals surface area (Å²) < 4.78 is 0. The van der Waals surface area contributed by atoms with Crippen LogP contribution in [-0.2, 0) is 19.2 Å². The van der Waals surface area contributed by atoms with Crippen LogP contribution in [0.2, 0.25) is 0 Å². The summed E-state index contributed by atoms with van der Waals surface area (Å²) in [5.41, 5.74) is 4.07. The minimum atomic E-state index is -0.405. The molecule has 0 unspecified atom stereocenters. The standard InChI is InChI=1S/C8H15NO2.C5H8N2O2.C2H5NO/c1-6(10)5-8(3,4)9-7(2)11;1-2-7-4(8)3-6-5(7)9;1-2(3)4/h5H2,1-4H3,(H,9,11);2-3H2,1H3,(H,6,9);1H3,(H2,3,4). The third-order valence-corrected chi connectivity index (χ3v) is 2.46. The predicted octanol–water partition coefficient (Wildman–Crippen LogP) is -0.0701. The van der Waals surface area contributed by atoms with E-state index in [-0.39, 0.29) is 36.1 Å². The van der Waals surface area contributed by atoms with Gasteiger partial charge in [-0.05, 0) is 27.7 Å². The fourth-order valence-electron chi connectivity index (χ4n) is 1.92. The van der Waals surface area contributed by atoms with Crippen LogP contribution in [0, 0.1) is 0 Å². The molecule has 0 aliphatic carbocycles. The van der Waals surface area contributed by atoms with Crippen LogP contribution >= 0.6 is 0 Å². The third-order valence-electron chi connectivity index (χ3n) is 2.46. The monoisotopic (exact) mass is 344 g/mol. The number of hydrogen-bond donors (Lipinski definition) is 3. The summed E-state index contributed by atoms with van der Waals surface area (Å²) in [6.45, 7) is 10.3. The zero-order valence-electron chi connectivity index (χ0n) is 15.2. The number of urea groups is 1. The summed E-state index contributed by atoms with van der Waals surface area (Å²) in [6.07, 6.45) is 0.382. The Morgan fingerprint density at radius 1 is 1.21 bits per heavy atom. The average molecular weight is 344 g/mol. The number of rotatable bonds is 4. The van der Waals surface area contributed by atoms with Crippen LogP contribution in [0.25, 0.3) is 0 Å². The molecule has 1 aliphatic rings. The molecule has 9 heteroatoms. The lowest BCUT2D eigenvalue weighted by molar-refractivity contribution is -0.125. The highest BCUT2D eigenvalue weighted by Gasteiger charge is 2.26. The predicted molar refractivity (Wildman–Crippen MR) is 88.8 cm³/mol. The average Bonchev–Trinajstić information content (AvgIpc) is 2.64. The molecule has 0 aromatic rings. The Kier molecular flexibility index (Phi) is 11.1. The Labute approximate surface area is 142 Å². The quantitative estimate of drug-likeness (QED) is 0.613. The number of hydrogen-bond acceptors (Lipinski definition) is 5. The van der Waals surface area contributed by atoms with Crippen molar-refractivity contribution in [2.75, 3.05) is 13.1 Å². The smallest absolute Gasteiger partial charge is 0.324 e. The summed E-state index contributed by atoms with van der Waals surface area (Å²) >= 11 is 0. The first-order chi connectivity index (χ1) is 10.8. The van der Waals surface area contributed by atoms with E-state index in [1.54, 1.807) is 6.92 Å². The molecule has 0 saturated carbocycles. The van der Waals surface area contributed by atoms with E-state index in [1.165, 1.54) is 25.7 Å². The number of ketones is 1. The third kappa shape index (κ3) is 13.2. The topological polar surface area (TPSA) is 139 Å². The van der Waals surface area contributed by atoms with E-state index in [1.807, 2.05) is 13.8 Å². The summed E-state index contributed by atoms with van der Waals surface area (Å²) in [7, 11) is 0. The number of imide groups is 1. The highest BCUT2D eigenvalue weighted by Crippen LogP contribution is 2.07. The van der Waals surface area contributed by atoms with Gasteiger partial charge in [0.15, 0.2) is 0 Å². The van der Waals surface area contributed by atoms with E-state index in [4.69, 9.17) is 0 Å². The Hall–Kier alpha value is -2.45. The van der Waals surface area contributed by atoms with Gasteiger partial charge in [-0.3, -0.25) is 24.1 Å². The molecule has 1 saturated heterocycles. The number of nitrogens with zero attached hydrogens (tertiary/aromatic N) is 1. The number of amides is 5. The largest absolute Gasteiger partial charge is 0.370 e. The molecule has 0 atom stereocenters. The molecule has 1 rings (SSSR count). The molecular weight excluding hydrogens is 316 g/mol. The maximum Gasteiger partial charge on any atom is 0.324 e. The van der Waals surface area contributed by atoms with Crippen molar-refractivity contribution in [1.29, 1.82) is 0 Å². The Morgan fingerprint density at radius 3 is 1.88 bits per heavy atom. The van der Waals surface area contributed by atoms with Gasteiger partial charge in [-0.1, -0.05) is 0 Å². The maximum atomic E-state index is 10.7. The minimum Gasteiger partial charge on any atom is -0.370 e. The minimum absolute atomic E-state index is 0.0868. The Morgan fingerprint density at radius 2 is 1.67 bits per heavy atom. The fraction of sp³-hybridized carbons (Fsp3) is 0.667. The number of likely N-dealkylation sites (N-methyl/N-ethyl adjacent to an activating group) is 1. The van der Waals surface area contributed by atoms with Crippen LogP contribution in [0.3, 0.4) is 0 Å². The molecule has 24 heavy (non-hydrogen) atoms. The molecule has 0 bridgehead atoms. The van der Waals surface area contributed by atoms with E-state index in [0.717, 1.165) is 0 Å². The van der Waals surface area contributed by atoms with Gasteiger partial charge in [-0.15, -0.1) is 0 Å². The Balaban J connectivity index is 0. The van der Waals surface area contributed by atoms with Crippen LogP contribution in [0.4, 0.5) is 4.79 Å². The first-order valence-electron chi connectivity index (χ1n) is 7.44. The molecule has 0 radical (unpaired) electrons. The molecule has 0 aromatic heterocycles. The molecule has 9 nitrogen and oxygen atoms in total. The highest BCUT2D eigenvalue weighted by atomic mass is 16.2. The van der Waals surface area contributed by atoms with Crippen LogP contribution in [-0.4, -0.2) is 53.1 Å². The normalized spacial score (nSPS) is 13.0. The zero-order valence-corrected chi connectivity index (χ0v) is 15.2. The number of Topliss-reactive ketones (excluding diaryl/α,β-unsaturated/α-hetero) is 1. The first-order valence-corrected chi connectivity index (χ1v) is 7.44. The molecule has 0 aromatic carbocycles. The van der Waals surface area contributed by atoms with E-state index < -0.39 is 5.54 Å². The maximum absolute atomic E-state index is 10.7. The van der Waals surface area contributed by atoms with Gasteiger partial charge in [0.25, 0.3) is 0 Å². The number of primary amides is 1. The van der Waals surface area contributed by atoms with Crippen molar-refractivity contribution in [3.63, 3.8) is 0 Å². The summed E-state index contributed by atoms with van der Waals surface area (Å²) in [4.78, 5) is 53.0. The van der Waals surface area contributed by atoms with E-state index in [2.05, 4.69) is 16.4 Å². The fourth-order valence-corrected chi connectivity index (χ4v) is 1.92. The van der Waals surface area contributed by atoms with Crippen molar-refractivity contribution in [2.45, 2.75) is 53.5 Å². The number of carbonyl (C=O) groups excluding carboxylic acids is 5. The van der Waals surface area contributed by atoms with Gasteiger partial charge in [0, 0.05) is 32.4 Å². The summed E-state index contributed by atoms with van der Waals surface area (Å²) in [5, 5.41) is 5.10. The molecule has 1 heterocycles. The van der Waals surface area contributed by atoms with E-state index in [0.29, 0.717) is 13.0 Å². The van der Waals surface area contributed by atoms with Crippen molar-refractivity contribution in [1.82, 2.24) is 15.5 Å². The Bertz CT molecular complexity index is 450.